The van der Waals surface area contributed by atoms with Crippen molar-refractivity contribution in [1.82, 2.24) is 9.97 Å². The standard InChI is InChI=1S/C17H21N3O3S/c1-5-24(22,23)13-8-6-12(7-9-13)15(21)19-14-10-11-18-16(20-14)17(2,3)4/h6-11H,5H2,1-4H3,(H,18,19,20,21). The van der Waals surface area contributed by atoms with Crippen LogP contribution in [0.5, 0.6) is 0 Å². The third-order valence-electron chi connectivity index (χ3n) is 3.42. The van der Waals surface area contributed by atoms with Crippen LogP contribution in [0.4, 0.5) is 5.82 Å². The molecule has 1 aromatic heterocycles. The average molecular weight is 347 g/mol. The number of sulfone groups is 1. The molecular weight excluding hydrogens is 326 g/mol. The molecule has 0 aliphatic carbocycles. The summed E-state index contributed by atoms with van der Waals surface area (Å²) in [5.74, 6) is 0.707. The number of amides is 1. The molecular formula is C17H21N3O3S. The minimum absolute atomic E-state index is 0.0229. The van der Waals surface area contributed by atoms with E-state index in [4.69, 9.17) is 0 Å². The first kappa shape index (κ1) is 18.1. The Bertz CT molecular complexity index is 838. The molecule has 2 aromatic rings. The number of carbonyl (C=O) groups is 1. The molecule has 1 amide bonds. The van der Waals surface area contributed by atoms with Gasteiger partial charge in [-0.15, -0.1) is 0 Å². The predicted molar refractivity (Wildman–Crippen MR) is 92.9 cm³/mol. The van der Waals surface area contributed by atoms with Crippen molar-refractivity contribution in [3.05, 3.63) is 47.9 Å². The largest absolute Gasteiger partial charge is 0.306 e. The van der Waals surface area contributed by atoms with Gasteiger partial charge in [0, 0.05) is 17.2 Å². The van der Waals surface area contributed by atoms with E-state index in [2.05, 4.69) is 15.3 Å². The Hall–Kier alpha value is -2.28. The molecule has 6 nitrogen and oxygen atoms in total. The van der Waals surface area contributed by atoms with E-state index in [1.54, 1.807) is 19.2 Å². The topological polar surface area (TPSA) is 89.0 Å². The van der Waals surface area contributed by atoms with Crippen LogP contribution in [0.1, 0.15) is 43.9 Å². The van der Waals surface area contributed by atoms with Crippen LogP contribution in [-0.4, -0.2) is 30.0 Å². The van der Waals surface area contributed by atoms with E-state index < -0.39 is 9.84 Å². The number of aromatic nitrogens is 2. The Morgan fingerprint density at radius 2 is 1.75 bits per heavy atom. The van der Waals surface area contributed by atoms with Crippen LogP contribution in [0.3, 0.4) is 0 Å². The third-order valence-corrected chi connectivity index (χ3v) is 5.17. The van der Waals surface area contributed by atoms with Gasteiger partial charge in [-0.2, -0.15) is 0 Å². The zero-order chi connectivity index (χ0) is 18.0. The maximum absolute atomic E-state index is 12.3. The molecule has 2 rings (SSSR count). The number of hydrogen-bond donors (Lipinski definition) is 1. The number of anilines is 1. The second-order valence-electron chi connectivity index (χ2n) is 6.40. The number of benzene rings is 1. The number of rotatable bonds is 4. The van der Waals surface area contributed by atoms with Gasteiger partial charge in [-0.3, -0.25) is 4.79 Å². The van der Waals surface area contributed by atoms with Gasteiger partial charge in [0.15, 0.2) is 9.84 Å². The Kier molecular flexibility index (Phi) is 5.03. The van der Waals surface area contributed by atoms with E-state index in [9.17, 15) is 13.2 Å². The third kappa shape index (κ3) is 4.17. The zero-order valence-electron chi connectivity index (χ0n) is 14.2. The Morgan fingerprint density at radius 3 is 2.29 bits per heavy atom. The van der Waals surface area contributed by atoms with Gasteiger partial charge < -0.3 is 5.32 Å². The summed E-state index contributed by atoms with van der Waals surface area (Å²) >= 11 is 0. The summed E-state index contributed by atoms with van der Waals surface area (Å²) in [5, 5.41) is 2.70. The molecule has 0 radical (unpaired) electrons. The highest BCUT2D eigenvalue weighted by molar-refractivity contribution is 7.91. The fraction of sp³-hybridized carbons (Fsp3) is 0.353. The van der Waals surface area contributed by atoms with Gasteiger partial charge in [-0.1, -0.05) is 27.7 Å². The lowest BCUT2D eigenvalue weighted by atomic mass is 9.96. The van der Waals surface area contributed by atoms with Crippen LogP contribution < -0.4 is 5.32 Å². The number of hydrogen-bond acceptors (Lipinski definition) is 5. The molecule has 0 unspecified atom stereocenters. The zero-order valence-corrected chi connectivity index (χ0v) is 15.0. The van der Waals surface area contributed by atoms with Gasteiger partial charge >= 0.3 is 0 Å². The van der Waals surface area contributed by atoms with Crippen LogP contribution in [0, 0.1) is 0 Å². The van der Waals surface area contributed by atoms with Crippen molar-refractivity contribution in [1.29, 1.82) is 0 Å². The lowest BCUT2D eigenvalue weighted by molar-refractivity contribution is 0.102. The highest BCUT2D eigenvalue weighted by Gasteiger charge is 2.18. The van der Waals surface area contributed by atoms with Crippen molar-refractivity contribution < 1.29 is 13.2 Å². The summed E-state index contributed by atoms with van der Waals surface area (Å²) in [6.45, 7) is 7.54. The molecule has 0 bridgehead atoms. The summed E-state index contributed by atoms with van der Waals surface area (Å²) in [6.07, 6.45) is 1.60. The first-order valence-electron chi connectivity index (χ1n) is 7.61. The first-order valence-corrected chi connectivity index (χ1v) is 9.26. The molecule has 1 N–H and O–H groups in total. The number of nitrogens with one attached hydrogen (secondary N) is 1. The predicted octanol–water partition coefficient (Wildman–Crippen LogP) is 2.82. The lowest BCUT2D eigenvalue weighted by Gasteiger charge is -2.16. The van der Waals surface area contributed by atoms with Crippen LogP contribution in [-0.2, 0) is 15.3 Å². The van der Waals surface area contributed by atoms with Gasteiger partial charge in [0.2, 0.25) is 0 Å². The van der Waals surface area contributed by atoms with E-state index in [0.29, 0.717) is 17.2 Å². The van der Waals surface area contributed by atoms with Crippen molar-refractivity contribution in [2.45, 2.75) is 38.0 Å². The van der Waals surface area contributed by atoms with E-state index in [0.717, 1.165) is 0 Å². The molecule has 128 valence electrons. The first-order chi connectivity index (χ1) is 11.1. The molecule has 0 saturated carbocycles. The molecule has 7 heteroatoms. The van der Waals surface area contributed by atoms with Crippen molar-refractivity contribution >= 4 is 21.6 Å². The molecule has 24 heavy (non-hydrogen) atoms. The van der Waals surface area contributed by atoms with Gasteiger partial charge in [0.1, 0.15) is 11.6 Å². The van der Waals surface area contributed by atoms with E-state index in [1.165, 1.54) is 24.3 Å². The second kappa shape index (κ2) is 6.68. The minimum Gasteiger partial charge on any atom is -0.306 e. The molecule has 0 saturated heterocycles. The molecule has 0 aliphatic heterocycles. The number of nitrogens with zero attached hydrogens (tertiary/aromatic N) is 2. The fourth-order valence-corrected chi connectivity index (χ4v) is 2.84. The minimum atomic E-state index is -3.27. The van der Waals surface area contributed by atoms with Crippen molar-refractivity contribution in [3.8, 4) is 0 Å². The molecule has 1 aromatic carbocycles. The average Bonchev–Trinajstić information content (AvgIpc) is 2.54. The van der Waals surface area contributed by atoms with Gasteiger partial charge in [0.05, 0.1) is 10.6 Å². The van der Waals surface area contributed by atoms with E-state index in [-0.39, 0.29) is 22.0 Å². The summed E-state index contributed by atoms with van der Waals surface area (Å²) < 4.78 is 23.6. The smallest absolute Gasteiger partial charge is 0.256 e. The van der Waals surface area contributed by atoms with Crippen LogP contribution in [0.25, 0.3) is 0 Å². The Balaban J connectivity index is 2.19. The van der Waals surface area contributed by atoms with Crippen molar-refractivity contribution in [2.75, 3.05) is 11.1 Å². The molecule has 0 spiro atoms. The lowest BCUT2D eigenvalue weighted by Crippen LogP contribution is -2.19. The molecule has 0 aliphatic rings. The van der Waals surface area contributed by atoms with Crippen molar-refractivity contribution in [2.24, 2.45) is 0 Å². The summed E-state index contributed by atoms with van der Waals surface area (Å²) in [7, 11) is -3.27. The van der Waals surface area contributed by atoms with E-state index in [1.807, 2.05) is 20.8 Å². The Morgan fingerprint density at radius 1 is 1.12 bits per heavy atom. The SMILES string of the molecule is CCS(=O)(=O)c1ccc(C(=O)Nc2ccnc(C(C)(C)C)n2)cc1. The maximum Gasteiger partial charge on any atom is 0.256 e. The van der Waals surface area contributed by atoms with Crippen LogP contribution in [0.15, 0.2) is 41.4 Å². The highest BCUT2D eigenvalue weighted by Crippen LogP contribution is 2.19. The van der Waals surface area contributed by atoms with Gasteiger partial charge in [-0.05, 0) is 30.3 Å². The Labute approximate surface area is 142 Å². The quantitative estimate of drug-likeness (QED) is 0.918. The molecule has 0 atom stereocenters. The van der Waals surface area contributed by atoms with Gasteiger partial charge in [0.25, 0.3) is 5.91 Å². The normalized spacial score (nSPS) is 12.0. The summed E-state index contributed by atoms with van der Waals surface area (Å²) in [6, 6.07) is 7.47. The molecule has 0 fully saturated rings. The fourth-order valence-electron chi connectivity index (χ4n) is 1.96. The molecule has 1 heterocycles. The van der Waals surface area contributed by atoms with E-state index >= 15 is 0 Å². The van der Waals surface area contributed by atoms with Gasteiger partial charge in [-0.25, -0.2) is 18.4 Å². The maximum atomic E-state index is 12.3. The second-order valence-corrected chi connectivity index (χ2v) is 8.68. The number of carbonyl (C=O) groups excluding carboxylic acids is 1. The van der Waals surface area contributed by atoms with Crippen molar-refractivity contribution in [3.63, 3.8) is 0 Å². The van der Waals surface area contributed by atoms with Crippen LogP contribution in [0.2, 0.25) is 0 Å². The summed E-state index contributed by atoms with van der Waals surface area (Å²) in [4.78, 5) is 21.0. The van der Waals surface area contributed by atoms with Crippen LogP contribution >= 0.6 is 0 Å². The highest BCUT2D eigenvalue weighted by atomic mass is 32.2. The monoisotopic (exact) mass is 347 g/mol. The summed E-state index contributed by atoms with van der Waals surface area (Å²) in [5.41, 5.74) is 0.137.